The van der Waals surface area contributed by atoms with Gasteiger partial charge in [-0.15, -0.1) is 0 Å². The minimum absolute atomic E-state index is 0.303. The van der Waals surface area contributed by atoms with E-state index >= 15 is 0 Å². The lowest BCUT2D eigenvalue weighted by atomic mass is 10.1. The average Bonchev–Trinajstić information content (AvgIpc) is 3.07. The molecule has 1 aliphatic rings. The predicted molar refractivity (Wildman–Crippen MR) is 90.1 cm³/mol. The van der Waals surface area contributed by atoms with E-state index < -0.39 is 7.60 Å². The number of thiophene rings is 1. The van der Waals surface area contributed by atoms with E-state index in [1.54, 1.807) is 11.3 Å². The van der Waals surface area contributed by atoms with E-state index in [0.717, 1.165) is 14.7 Å². The number of halogens is 1. The van der Waals surface area contributed by atoms with Crippen LogP contribution < -0.4 is 0 Å². The molecule has 3 nitrogen and oxygen atoms in total. The summed E-state index contributed by atoms with van der Waals surface area (Å²) in [5.41, 5.74) is 1.91. The first-order valence-electron chi connectivity index (χ1n) is 5.97. The van der Waals surface area contributed by atoms with Crippen molar-refractivity contribution in [3.8, 4) is 0 Å². The fourth-order valence-corrected chi connectivity index (χ4v) is 6.43. The predicted octanol–water partition coefficient (Wildman–Crippen LogP) is 5.46. The van der Waals surface area contributed by atoms with Crippen molar-refractivity contribution in [3.05, 3.63) is 61.9 Å². The molecule has 1 aromatic heterocycles. The topological polar surface area (TPSA) is 35.5 Å². The molecule has 0 spiro atoms. The van der Waals surface area contributed by atoms with E-state index in [4.69, 9.17) is 9.05 Å². The van der Waals surface area contributed by atoms with Gasteiger partial charge in [0.15, 0.2) is 0 Å². The first-order chi connectivity index (χ1) is 9.65. The standard InChI is InChI=1S/C14H12IO3PS/c1-17-19(16)14(10-5-3-2-4-6-10)12(15)13(18-19)11-7-8-20-9-11/h2-9,13H,1H3. The third-order valence-corrected chi connectivity index (χ3v) is 7.36. The van der Waals surface area contributed by atoms with E-state index in [-0.39, 0.29) is 6.10 Å². The van der Waals surface area contributed by atoms with Crippen molar-refractivity contribution in [2.45, 2.75) is 6.10 Å². The molecule has 0 N–H and O–H groups in total. The smallest absolute Gasteiger partial charge is 0.309 e. The molecule has 2 heterocycles. The Morgan fingerprint density at radius 1 is 1.30 bits per heavy atom. The van der Waals surface area contributed by atoms with Crippen LogP contribution in [0.3, 0.4) is 0 Å². The highest BCUT2D eigenvalue weighted by Gasteiger charge is 2.44. The van der Waals surface area contributed by atoms with Crippen molar-refractivity contribution < 1.29 is 13.6 Å². The summed E-state index contributed by atoms with van der Waals surface area (Å²) in [7, 11) is -1.83. The number of rotatable bonds is 3. The van der Waals surface area contributed by atoms with Crippen LogP contribution in [0.15, 0.2) is 50.7 Å². The van der Waals surface area contributed by atoms with Crippen LogP contribution in [0.4, 0.5) is 0 Å². The van der Waals surface area contributed by atoms with Gasteiger partial charge in [0.2, 0.25) is 0 Å². The van der Waals surface area contributed by atoms with Crippen molar-refractivity contribution in [1.29, 1.82) is 0 Å². The van der Waals surface area contributed by atoms with Crippen LogP contribution >= 0.6 is 41.5 Å². The molecule has 3 rings (SSSR count). The molecule has 0 fully saturated rings. The van der Waals surface area contributed by atoms with Gasteiger partial charge in [-0.2, -0.15) is 11.3 Å². The maximum Gasteiger partial charge on any atom is 0.363 e. The first kappa shape index (κ1) is 14.5. The summed E-state index contributed by atoms with van der Waals surface area (Å²) in [6.07, 6.45) is -0.303. The molecule has 20 heavy (non-hydrogen) atoms. The number of hydrogen-bond acceptors (Lipinski definition) is 4. The van der Waals surface area contributed by atoms with Gasteiger partial charge in [0.05, 0.1) is 5.31 Å². The Balaban J connectivity index is 2.14. The van der Waals surface area contributed by atoms with Gasteiger partial charge >= 0.3 is 7.60 Å². The van der Waals surface area contributed by atoms with Gasteiger partial charge in [-0.25, -0.2) is 0 Å². The normalized spacial score (nSPS) is 26.2. The van der Waals surface area contributed by atoms with Crippen molar-refractivity contribution >= 4 is 46.8 Å². The lowest BCUT2D eigenvalue weighted by molar-refractivity contribution is 0.214. The van der Waals surface area contributed by atoms with Gasteiger partial charge in [0, 0.05) is 10.7 Å². The highest BCUT2D eigenvalue weighted by atomic mass is 127. The van der Waals surface area contributed by atoms with Crippen LogP contribution in [0.5, 0.6) is 0 Å². The largest absolute Gasteiger partial charge is 0.363 e. The van der Waals surface area contributed by atoms with E-state index in [1.165, 1.54) is 7.11 Å². The van der Waals surface area contributed by atoms with Gasteiger partial charge in [-0.1, -0.05) is 30.3 Å². The molecule has 2 unspecified atom stereocenters. The molecule has 0 bridgehead atoms. The Kier molecular flexibility index (Phi) is 4.15. The van der Waals surface area contributed by atoms with Crippen molar-refractivity contribution in [3.63, 3.8) is 0 Å². The zero-order chi connectivity index (χ0) is 14.2. The van der Waals surface area contributed by atoms with Crippen LogP contribution in [0, 0.1) is 0 Å². The summed E-state index contributed by atoms with van der Waals surface area (Å²) in [5, 5.41) is 4.68. The molecule has 0 radical (unpaired) electrons. The molecule has 0 saturated heterocycles. The Morgan fingerprint density at radius 2 is 2.05 bits per heavy atom. The molecule has 104 valence electrons. The number of hydrogen-bond donors (Lipinski definition) is 0. The van der Waals surface area contributed by atoms with Crippen LogP contribution in [0.1, 0.15) is 17.2 Å². The summed E-state index contributed by atoms with van der Waals surface area (Å²) in [6.45, 7) is 0. The lowest BCUT2D eigenvalue weighted by Crippen LogP contribution is -1.94. The van der Waals surface area contributed by atoms with Crippen molar-refractivity contribution in [2.75, 3.05) is 7.11 Å². The molecule has 0 aliphatic carbocycles. The van der Waals surface area contributed by atoms with Crippen molar-refractivity contribution in [1.82, 2.24) is 0 Å². The van der Waals surface area contributed by atoms with Crippen LogP contribution in [0.2, 0.25) is 0 Å². The fourth-order valence-electron chi connectivity index (χ4n) is 2.15. The Morgan fingerprint density at radius 3 is 2.65 bits per heavy atom. The minimum Gasteiger partial charge on any atom is -0.309 e. The highest BCUT2D eigenvalue weighted by molar-refractivity contribution is 14.1. The van der Waals surface area contributed by atoms with Crippen LogP contribution in [0.25, 0.3) is 5.31 Å². The molecule has 2 atom stereocenters. The van der Waals surface area contributed by atoms with E-state index in [9.17, 15) is 4.57 Å². The zero-order valence-corrected chi connectivity index (χ0v) is 14.5. The van der Waals surface area contributed by atoms with E-state index in [1.807, 2.05) is 47.2 Å². The summed E-state index contributed by atoms with van der Waals surface area (Å²) in [5.74, 6) is 0. The maximum absolute atomic E-state index is 12.9. The van der Waals surface area contributed by atoms with Crippen LogP contribution in [-0.2, 0) is 13.6 Å². The van der Waals surface area contributed by atoms with E-state index in [2.05, 4.69) is 22.6 Å². The summed E-state index contributed by atoms with van der Waals surface area (Å²) >= 11 is 3.81. The Hall–Kier alpha value is -0.460. The lowest BCUT2D eigenvalue weighted by Gasteiger charge is -2.14. The molecule has 0 amide bonds. The molecule has 6 heteroatoms. The van der Waals surface area contributed by atoms with E-state index in [0.29, 0.717) is 5.31 Å². The van der Waals surface area contributed by atoms with Gasteiger partial charge in [-0.05, 0) is 50.5 Å². The van der Waals surface area contributed by atoms with Crippen LogP contribution in [-0.4, -0.2) is 7.11 Å². The third-order valence-electron chi connectivity index (χ3n) is 3.11. The highest BCUT2D eigenvalue weighted by Crippen LogP contribution is 2.71. The average molecular weight is 418 g/mol. The third kappa shape index (κ3) is 2.42. The minimum atomic E-state index is -3.26. The molecule has 0 saturated carbocycles. The summed E-state index contributed by atoms with van der Waals surface area (Å²) in [6, 6.07) is 11.6. The second-order valence-corrected chi connectivity index (χ2v) is 8.25. The summed E-state index contributed by atoms with van der Waals surface area (Å²) < 4.78 is 24.9. The first-order valence-corrected chi connectivity index (χ1v) is 9.54. The van der Waals surface area contributed by atoms with Gasteiger partial charge in [0.25, 0.3) is 0 Å². The second-order valence-electron chi connectivity index (χ2n) is 4.28. The maximum atomic E-state index is 12.9. The van der Waals surface area contributed by atoms with Gasteiger partial charge < -0.3 is 4.52 Å². The monoisotopic (exact) mass is 418 g/mol. The second kappa shape index (κ2) is 5.73. The molecular formula is C14H12IO3PS. The fraction of sp³-hybridized carbons (Fsp3) is 0.143. The SMILES string of the molecule is COP1(=O)OC(c2ccsc2)C(I)=C1c1ccccc1. The zero-order valence-electron chi connectivity index (χ0n) is 10.7. The molecule has 2 aromatic rings. The molecule has 1 aliphatic heterocycles. The van der Waals surface area contributed by atoms with Crippen molar-refractivity contribution in [2.24, 2.45) is 0 Å². The Labute approximate surface area is 135 Å². The van der Waals surface area contributed by atoms with Gasteiger partial charge in [-0.3, -0.25) is 9.09 Å². The van der Waals surface area contributed by atoms with Gasteiger partial charge in [0.1, 0.15) is 6.10 Å². The quantitative estimate of drug-likeness (QED) is 0.491. The molecular weight excluding hydrogens is 406 g/mol. The number of benzene rings is 1. The summed E-state index contributed by atoms with van der Waals surface area (Å²) in [4.78, 5) is 0. The Bertz CT molecular complexity index is 682. The molecule has 1 aromatic carbocycles.